The largest absolute Gasteiger partial charge is 0.378 e. The van der Waals surface area contributed by atoms with E-state index in [0.717, 1.165) is 9.35 Å². The summed E-state index contributed by atoms with van der Waals surface area (Å²) in [6, 6.07) is 8.61. The summed E-state index contributed by atoms with van der Waals surface area (Å²) in [7, 11) is 0. The van der Waals surface area contributed by atoms with Gasteiger partial charge in [0.05, 0.1) is 11.3 Å². The molecule has 0 spiro atoms. The highest BCUT2D eigenvalue weighted by atomic mass is 79.9. The maximum atomic E-state index is 13.4. The van der Waals surface area contributed by atoms with Crippen molar-refractivity contribution in [3.63, 3.8) is 0 Å². The van der Waals surface area contributed by atoms with Crippen LogP contribution in [-0.4, -0.2) is 0 Å². The number of thiophene rings is 1. The molecule has 0 atom stereocenters. The lowest BCUT2D eigenvalue weighted by atomic mass is 10.3. The monoisotopic (exact) mass is 310 g/mol. The maximum Gasteiger partial charge on any atom is 0.146 e. The van der Waals surface area contributed by atoms with Crippen LogP contribution in [0.2, 0.25) is 0 Å². The molecule has 0 bridgehead atoms. The van der Waals surface area contributed by atoms with Crippen LogP contribution in [0.25, 0.3) is 0 Å². The minimum absolute atomic E-state index is 0.287. The Morgan fingerprint density at radius 1 is 1.41 bits per heavy atom. The quantitative estimate of drug-likeness (QED) is 0.925. The van der Waals surface area contributed by atoms with Crippen molar-refractivity contribution in [1.29, 1.82) is 5.26 Å². The van der Waals surface area contributed by atoms with Gasteiger partial charge in [0, 0.05) is 21.3 Å². The molecule has 5 heteroatoms. The number of halogens is 2. The first-order valence-electron chi connectivity index (χ1n) is 4.85. The Morgan fingerprint density at radius 3 is 2.94 bits per heavy atom. The first-order chi connectivity index (χ1) is 8.19. The molecule has 1 heterocycles. The average molecular weight is 311 g/mol. The van der Waals surface area contributed by atoms with E-state index in [-0.39, 0.29) is 5.82 Å². The molecule has 0 fully saturated rings. The Bertz CT molecular complexity index is 574. The van der Waals surface area contributed by atoms with Gasteiger partial charge in [-0.3, -0.25) is 0 Å². The Kier molecular flexibility index (Phi) is 3.77. The predicted molar refractivity (Wildman–Crippen MR) is 70.5 cm³/mol. The van der Waals surface area contributed by atoms with E-state index in [0.29, 0.717) is 17.8 Å². The molecular formula is C12H8BrFN2S. The van der Waals surface area contributed by atoms with E-state index in [4.69, 9.17) is 5.26 Å². The van der Waals surface area contributed by atoms with E-state index in [1.165, 1.54) is 17.4 Å². The molecule has 2 aromatic rings. The molecule has 0 unspecified atom stereocenters. The SMILES string of the molecule is N#Cc1csc(CNc2cc(Br)ccc2F)c1. The third kappa shape index (κ3) is 3.05. The van der Waals surface area contributed by atoms with Gasteiger partial charge < -0.3 is 5.32 Å². The fourth-order valence-corrected chi connectivity index (χ4v) is 2.46. The third-order valence-corrected chi connectivity index (χ3v) is 3.59. The fraction of sp³-hybridized carbons (Fsp3) is 0.0833. The molecule has 1 aromatic carbocycles. The van der Waals surface area contributed by atoms with E-state index in [1.807, 2.05) is 0 Å². The predicted octanol–water partition coefficient (Wildman–Crippen LogP) is 4.13. The second-order valence-corrected chi connectivity index (χ2v) is 5.30. The van der Waals surface area contributed by atoms with E-state index in [2.05, 4.69) is 27.3 Å². The number of rotatable bonds is 3. The molecule has 1 N–H and O–H groups in total. The molecule has 1 aromatic heterocycles. The van der Waals surface area contributed by atoms with E-state index in [9.17, 15) is 4.39 Å². The molecular weight excluding hydrogens is 303 g/mol. The molecule has 17 heavy (non-hydrogen) atoms. The summed E-state index contributed by atoms with van der Waals surface area (Å²) in [5, 5.41) is 13.5. The van der Waals surface area contributed by atoms with Crippen molar-refractivity contribution in [2.45, 2.75) is 6.54 Å². The van der Waals surface area contributed by atoms with E-state index >= 15 is 0 Å². The molecule has 86 valence electrons. The van der Waals surface area contributed by atoms with Crippen molar-refractivity contribution in [3.05, 3.63) is 50.4 Å². The van der Waals surface area contributed by atoms with Crippen molar-refractivity contribution >= 4 is 33.0 Å². The van der Waals surface area contributed by atoms with Gasteiger partial charge in [0.1, 0.15) is 11.9 Å². The van der Waals surface area contributed by atoms with Crippen molar-refractivity contribution in [2.24, 2.45) is 0 Å². The van der Waals surface area contributed by atoms with Gasteiger partial charge in [0.25, 0.3) is 0 Å². The molecule has 2 rings (SSSR count). The molecule has 0 aliphatic carbocycles. The minimum atomic E-state index is -0.287. The highest BCUT2D eigenvalue weighted by Crippen LogP contribution is 2.22. The van der Waals surface area contributed by atoms with Gasteiger partial charge in [-0.1, -0.05) is 15.9 Å². The number of anilines is 1. The van der Waals surface area contributed by atoms with Crippen LogP contribution in [-0.2, 0) is 6.54 Å². The van der Waals surface area contributed by atoms with Crippen molar-refractivity contribution in [3.8, 4) is 6.07 Å². The zero-order chi connectivity index (χ0) is 12.3. The highest BCUT2D eigenvalue weighted by molar-refractivity contribution is 9.10. The molecule has 0 saturated carbocycles. The Hall–Kier alpha value is -1.38. The van der Waals surface area contributed by atoms with Crippen LogP contribution < -0.4 is 5.32 Å². The summed E-state index contributed by atoms with van der Waals surface area (Å²) < 4.78 is 14.2. The number of nitrogens with one attached hydrogen (secondary N) is 1. The standard InChI is InChI=1S/C12H8BrFN2S/c13-9-1-2-11(14)12(4-9)16-6-10-3-8(5-15)7-17-10/h1-4,7,16H,6H2. The molecule has 0 aliphatic rings. The number of nitriles is 1. The van der Waals surface area contributed by atoms with E-state index in [1.54, 1.807) is 23.6 Å². The normalized spacial score (nSPS) is 9.94. The van der Waals surface area contributed by atoms with Crippen molar-refractivity contribution in [1.82, 2.24) is 0 Å². The van der Waals surface area contributed by atoms with Gasteiger partial charge in [-0.15, -0.1) is 11.3 Å². The van der Waals surface area contributed by atoms with Crippen LogP contribution in [0.4, 0.5) is 10.1 Å². The number of hydrogen-bond donors (Lipinski definition) is 1. The minimum Gasteiger partial charge on any atom is -0.378 e. The van der Waals surface area contributed by atoms with Gasteiger partial charge in [0.2, 0.25) is 0 Å². The summed E-state index contributed by atoms with van der Waals surface area (Å²) in [6.45, 7) is 0.514. The average Bonchev–Trinajstić information content (AvgIpc) is 2.78. The van der Waals surface area contributed by atoms with Crippen LogP contribution in [0.15, 0.2) is 34.1 Å². The molecule has 0 aliphatic heterocycles. The van der Waals surface area contributed by atoms with E-state index < -0.39 is 0 Å². The van der Waals surface area contributed by atoms with Gasteiger partial charge in [-0.25, -0.2) is 4.39 Å². The summed E-state index contributed by atoms with van der Waals surface area (Å²) >= 11 is 4.77. The van der Waals surface area contributed by atoms with Gasteiger partial charge in [-0.2, -0.15) is 5.26 Å². The lowest BCUT2D eigenvalue weighted by Crippen LogP contribution is -1.99. The summed E-state index contributed by atoms with van der Waals surface area (Å²) in [4.78, 5) is 1.00. The summed E-state index contributed by atoms with van der Waals surface area (Å²) in [5.41, 5.74) is 1.09. The van der Waals surface area contributed by atoms with Crippen LogP contribution in [0, 0.1) is 17.1 Å². The number of nitrogens with zero attached hydrogens (tertiary/aromatic N) is 1. The molecule has 0 amide bonds. The summed E-state index contributed by atoms with van der Waals surface area (Å²) in [5.74, 6) is -0.287. The smallest absolute Gasteiger partial charge is 0.146 e. The molecule has 2 nitrogen and oxygen atoms in total. The first-order valence-corrected chi connectivity index (χ1v) is 6.53. The second-order valence-electron chi connectivity index (χ2n) is 3.39. The fourth-order valence-electron chi connectivity index (χ4n) is 1.35. The lowest BCUT2D eigenvalue weighted by molar-refractivity contribution is 0.630. The van der Waals surface area contributed by atoms with Crippen molar-refractivity contribution in [2.75, 3.05) is 5.32 Å². The zero-order valence-corrected chi connectivity index (χ0v) is 11.1. The van der Waals surface area contributed by atoms with Crippen LogP contribution in [0.5, 0.6) is 0 Å². The van der Waals surface area contributed by atoms with Crippen LogP contribution in [0.3, 0.4) is 0 Å². The third-order valence-electron chi connectivity index (χ3n) is 2.16. The summed E-state index contributed by atoms with van der Waals surface area (Å²) in [6.07, 6.45) is 0. The number of hydrogen-bond acceptors (Lipinski definition) is 3. The Balaban J connectivity index is 2.07. The topological polar surface area (TPSA) is 35.8 Å². The highest BCUT2D eigenvalue weighted by Gasteiger charge is 2.04. The van der Waals surface area contributed by atoms with Gasteiger partial charge in [0.15, 0.2) is 0 Å². The molecule has 0 saturated heterocycles. The van der Waals surface area contributed by atoms with Gasteiger partial charge >= 0.3 is 0 Å². The van der Waals surface area contributed by atoms with Crippen molar-refractivity contribution < 1.29 is 4.39 Å². The Labute approximate surface area is 111 Å². The number of benzene rings is 1. The van der Waals surface area contributed by atoms with Gasteiger partial charge in [-0.05, 0) is 24.3 Å². The van der Waals surface area contributed by atoms with Crippen LogP contribution >= 0.6 is 27.3 Å². The Morgan fingerprint density at radius 2 is 2.24 bits per heavy atom. The maximum absolute atomic E-state index is 13.4. The second kappa shape index (κ2) is 5.30. The molecule has 0 radical (unpaired) electrons. The lowest BCUT2D eigenvalue weighted by Gasteiger charge is -2.06. The zero-order valence-electron chi connectivity index (χ0n) is 8.71. The van der Waals surface area contributed by atoms with Crippen LogP contribution in [0.1, 0.15) is 10.4 Å². The first kappa shape index (κ1) is 12.1.